The molecule has 1 rings (SSSR count). The van der Waals surface area contributed by atoms with Crippen molar-refractivity contribution in [3.63, 3.8) is 0 Å². The molecule has 0 atom stereocenters. The van der Waals surface area contributed by atoms with Crippen LogP contribution in [-0.4, -0.2) is 11.4 Å². The Bertz CT molecular complexity index is 218. The van der Waals surface area contributed by atoms with Crippen molar-refractivity contribution in [3.05, 3.63) is 21.9 Å². The second-order valence-corrected chi connectivity index (χ2v) is 3.01. The Hall–Kier alpha value is -0.830. The molecule has 3 heteroatoms. The van der Waals surface area contributed by atoms with Crippen LogP contribution in [0, 0.1) is 6.92 Å². The lowest BCUT2D eigenvalue weighted by atomic mass is 10.4. The van der Waals surface area contributed by atoms with E-state index in [9.17, 15) is 0 Å². The number of oxime groups is 1. The van der Waals surface area contributed by atoms with E-state index in [0.29, 0.717) is 0 Å². The van der Waals surface area contributed by atoms with Crippen molar-refractivity contribution in [1.29, 1.82) is 0 Å². The molecule has 0 fully saturated rings. The van der Waals surface area contributed by atoms with Gasteiger partial charge in [0.1, 0.15) is 0 Å². The number of aryl methyl sites for hydroxylation is 1. The maximum atomic E-state index is 8.11. The fourth-order valence-corrected chi connectivity index (χ4v) is 1.32. The van der Waals surface area contributed by atoms with Crippen LogP contribution in [0.1, 0.15) is 23.6 Å². The largest absolute Gasteiger partial charge is 0.411 e. The molecular weight excluding hydrogens is 158 g/mol. The Labute approximate surface area is 71.2 Å². The standard InChI is InChI=1S/C6H7NOS.C2H6/c1-5-2-3-6(9-5)4-7-8;1-2/h2-4,8H,1H3;1-2H3/b7-4-;. The van der Waals surface area contributed by atoms with E-state index < -0.39 is 0 Å². The highest BCUT2D eigenvalue weighted by Gasteiger charge is 1.89. The summed E-state index contributed by atoms with van der Waals surface area (Å²) in [5, 5.41) is 11.0. The van der Waals surface area contributed by atoms with E-state index in [-0.39, 0.29) is 0 Å². The minimum atomic E-state index is 0.981. The van der Waals surface area contributed by atoms with Crippen LogP contribution in [0.4, 0.5) is 0 Å². The fourth-order valence-electron chi connectivity index (χ4n) is 0.580. The van der Waals surface area contributed by atoms with Crippen LogP contribution in [0.3, 0.4) is 0 Å². The molecule has 0 saturated heterocycles. The van der Waals surface area contributed by atoms with E-state index in [1.54, 1.807) is 11.3 Å². The maximum Gasteiger partial charge on any atom is 0.0833 e. The summed E-state index contributed by atoms with van der Waals surface area (Å²) in [5.74, 6) is 0. The predicted octanol–water partition coefficient (Wildman–Crippen LogP) is 2.89. The summed E-state index contributed by atoms with van der Waals surface area (Å²) in [6, 6.07) is 3.90. The second kappa shape index (κ2) is 5.92. The van der Waals surface area contributed by atoms with Gasteiger partial charge in [0.15, 0.2) is 0 Å². The molecule has 0 amide bonds. The molecule has 0 aliphatic carbocycles. The molecule has 0 bridgehead atoms. The van der Waals surface area contributed by atoms with Gasteiger partial charge in [0.2, 0.25) is 0 Å². The van der Waals surface area contributed by atoms with Gasteiger partial charge in [-0.2, -0.15) is 0 Å². The van der Waals surface area contributed by atoms with Gasteiger partial charge in [-0.05, 0) is 19.1 Å². The van der Waals surface area contributed by atoms with Gasteiger partial charge in [0, 0.05) is 9.75 Å². The summed E-state index contributed by atoms with van der Waals surface area (Å²) in [6.07, 6.45) is 1.43. The summed E-state index contributed by atoms with van der Waals surface area (Å²) >= 11 is 1.60. The first-order chi connectivity index (χ1) is 5.33. The van der Waals surface area contributed by atoms with Crippen LogP contribution in [-0.2, 0) is 0 Å². The van der Waals surface area contributed by atoms with Gasteiger partial charge in [-0.25, -0.2) is 0 Å². The average molecular weight is 171 g/mol. The molecule has 11 heavy (non-hydrogen) atoms. The zero-order chi connectivity index (χ0) is 8.69. The van der Waals surface area contributed by atoms with Crippen molar-refractivity contribution in [2.24, 2.45) is 5.16 Å². The number of hydrogen-bond donors (Lipinski definition) is 1. The van der Waals surface area contributed by atoms with E-state index in [1.165, 1.54) is 11.1 Å². The third kappa shape index (κ3) is 3.78. The lowest BCUT2D eigenvalue weighted by molar-refractivity contribution is 0.322. The summed E-state index contributed by atoms with van der Waals surface area (Å²) in [6.45, 7) is 6.01. The number of thiophene rings is 1. The highest BCUT2D eigenvalue weighted by Crippen LogP contribution is 2.11. The number of rotatable bonds is 1. The number of nitrogens with zero attached hydrogens (tertiary/aromatic N) is 1. The SMILES string of the molecule is CC.Cc1ccc(/C=N\O)s1. The molecule has 1 heterocycles. The van der Waals surface area contributed by atoms with Gasteiger partial charge in [-0.3, -0.25) is 0 Å². The highest BCUT2D eigenvalue weighted by atomic mass is 32.1. The van der Waals surface area contributed by atoms with Gasteiger partial charge in [-0.1, -0.05) is 19.0 Å². The molecule has 0 saturated carbocycles. The van der Waals surface area contributed by atoms with Gasteiger partial charge >= 0.3 is 0 Å². The van der Waals surface area contributed by atoms with Crippen molar-refractivity contribution in [2.75, 3.05) is 0 Å². The van der Waals surface area contributed by atoms with Crippen molar-refractivity contribution in [2.45, 2.75) is 20.8 Å². The van der Waals surface area contributed by atoms with E-state index in [1.807, 2.05) is 32.9 Å². The van der Waals surface area contributed by atoms with Crippen molar-refractivity contribution in [3.8, 4) is 0 Å². The Kier molecular flexibility index (Phi) is 5.47. The second-order valence-electron chi connectivity index (χ2n) is 1.69. The van der Waals surface area contributed by atoms with Crippen molar-refractivity contribution < 1.29 is 5.21 Å². The molecule has 0 radical (unpaired) electrons. The molecule has 0 aromatic carbocycles. The van der Waals surface area contributed by atoms with Gasteiger partial charge < -0.3 is 5.21 Å². The Balaban J connectivity index is 0.000000461. The van der Waals surface area contributed by atoms with Crippen LogP contribution in [0.15, 0.2) is 17.3 Å². The van der Waals surface area contributed by atoms with Crippen LogP contribution >= 0.6 is 11.3 Å². The third-order valence-corrected chi connectivity index (χ3v) is 1.88. The monoisotopic (exact) mass is 171 g/mol. The van der Waals surface area contributed by atoms with E-state index >= 15 is 0 Å². The van der Waals surface area contributed by atoms with E-state index in [4.69, 9.17) is 5.21 Å². The van der Waals surface area contributed by atoms with Crippen LogP contribution in [0.25, 0.3) is 0 Å². The summed E-state index contributed by atoms with van der Waals surface area (Å²) in [5.41, 5.74) is 0. The van der Waals surface area contributed by atoms with E-state index in [2.05, 4.69) is 5.16 Å². The fraction of sp³-hybridized carbons (Fsp3) is 0.375. The first-order valence-electron chi connectivity index (χ1n) is 3.57. The first kappa shape index (κ1) is 10.2. The quantitative estimate of drug-likeness (QED) is 0.393. The molecule has 0 aliphatic rings. The molecule has 62 valence electrons. The Morgan fingerprint density at radius 2 is 2.09 bits per heavy atom. The summed E-state index contributed by atoms with van der Waals surface area (Å²) < 4.78 is 0. The minimum absolute atomic E-state index is 0.981. The first-order valence-corrected chi connectivity index (χ1v) is 4.38. The molecule has 2 nitrogen and oxygen atoms in total. The van der Waals surface area contributed by atoms with Crippen molar-refractivity contribution in [1.82, 2.24) is 0 Å². The Morgan fingerprint density at radius 1 is 1.45 bits per heavy atom. The maximum absolute atomic E-state index is 8.11. The van der Waals surface area contributed by atoms with Gasteiger partial charge in [0.05, 0.1) is 6.21 Å². The molecule has 1 aromatic rings. The zero-order valence-electron chi connectivity index (χ0n) is 7.03. The lowest BCUT2D eigenvalue weighted by Gasteiger charge is -1.75. The van der Waals surface area contributed by atoms with Crippen LogP contribution in [0.2, 0.25) is 0 Å². The normalized spacial score (nSPS) is 9.36. The topological polar surface area (TPSA) is 32.6 Å². The van der Waals surface area contributed by atoms with Crippen LogP contribution < -0.4 is 0 Å². The molecule has 0 aliphatic heterocycles. The molecule has 1 aromatic heterocycles. The summed E-state index contributed by atoms with van der Waals surface area (Å²) in [7, 11) is 0. The third-order valence-electron chi connectivity index (χ3n) is 0.946. The summed E-state index contributed by atoms with van der Waals surface area (Å²) in [4.78, 5) is 2.21. The average Bonchev–Trinajstić information content (AvgIpc) is 2.41. The molecule has 1 N–H and O–H groups in total. The van der Waals surface area contributed by atoms with Gasteiger partial charge in [0.25, 0.3) is 0 Å². The predicted molar refractivity (Wildman–Crippen MR) is 49.8 cm³/mol. The smallest absolute Gasteiger partial charge is 0.0833 e. The van der Waals surface area contributed by atoms with E-state index in [0.717, 1.165) is 4.88 Å². The van der Waals surface area contributed by atoms with Crippen LogP contribution in [0.5, 0.6) is 0 Å². The van der Waals surface area contributed by atoms with Crippen molar-refractivity contribution >= 4 is 17.6 Å². The minimum Gasteiger partial charge on any atom is -0.411 e. The molecular formula is C8H13NOS. The number of hydrogen-bond acceptors (Lipinski definition) is 3. The van der Waals surface area contributed by atoms with Gasteiger partial charge in [-0.15, -0.1) is 11.3 Å². The molecule has 0 unspecified atom stereocenters. The molecule has 0 spiro atoms. The Morgan fingerprint density at radius 3 is 2.45 bits per heavy atom. The lowest BCUT2D eigenvalue weighted by Crippen LogP contribution is -1.67. The zero-order valence-corrected chi connectivity index (χ0v) is 7.85. The highest BCUT2D eigenvalue weighted by molar-refractivity contribution is 7.13.